The fraction of sp³-hybridized carbons (Fsp3) is 0.917. The van der Waals surface area contributed by atoms with Gasteiger partial charge in [0.15, 0.2) is 0 Å². The Morgan fingerprint density at radius 3 is 2.44 bits per heavy atom. The molecule has 0 saturated heterocycles. The molecular formula is C12H25NO2S. The molecule has 4 heteroatoms. The molecule has 16 heavy (non-hydrogen) atoms. The Morgan fingerprint density at radius 1 is 1.50 bits per heavy atom. The highest BCUT2D eigenvalue weighted by Crippen LogP contribution is 2.24. The van der Waals surface area contributed by atoms with Crippen LogP contribution in [0.3, 0.4) is 0 Å². The number of rotatable bonds is 8. The number of likely N-dealkylation sites (N-methyl/N-ethyl adjacent to an activating group) is 1. The van der Waals surface area contributed by atoms with Gasteiger partial charge in [-0.25, -0.2) is 0 Å². The molecule has 0 aliphatic carbocycles. The number of aliphatic carboxylic acids is 1. The van der Waals surface area contributed by atoms with Gasteiger partial charge in [-0.15, -0.1) is 0 Å². The van der Waals surface area contributed by atoms with Crippen molar-refractivity contribution in [3.05, 3.63) is 0 Å². The van der Waals surface area contributed by atoms with Crippen molar-refractivity contribution in [3.63, 3.8) is 0 Å². The number of hydrogen-bond donors (Lipinski definition) is 2. The first-order valence-electron chi connectivity index (χ1n) is 5.89. The van der Waals surface area contributed by atoms with Crippen LogP contribution < -0.4 is 5.32 Å². The van der Waals surface area contributed by atoms with Crippen LogP contribution in [0, 0.1) is 5.92 Å². The molecule has 0 aliphatic heterocycles. The second kappa shape index (κ2) is 7.17. The largest absolute Gasteiger partial charge is 0.480 e. The molecule has 0 rings (SSSR count). The third-order valence-electron chi connectivity index (χ3n) is 3.08. The molecule has 3 nitrogen and oxygen atoms in total. The van der Waals surface area contributed by atoms with Crippen molar-refractivity contribution >= 4 is 17.7 Å². The van der Waals surface area contributed by atoms with Crippen molar-refractivity contribution in [2.75, 3.05) is 12.8 Å². The van der Waals surface area contributed by atoms with E-state index in [1.807, 2.05) is 11.8 Å². The highest BCUT2D eigenvalue weighted by Gasteiger charge is 2.32. The number of hydrogen-bond acceptors (Lipinski definition) is 3. The normalized spacial score (nSPS) is 18.8. The van der Waals surface area contributed by atoms with E-state index in [0.29, 0.717) is 17.6 Å². The quantitative estimate of drug-likeness (QED) is 0.692. The molecule has 0 heterocycles. The Labute approximate surface area is 103 Å². The molecular weight excluding hydrogens is 222 g/mol. The highest BCUT2D eigenvalue weighted by molar-refractivity contribution is 7.99. The van der Waals surface area contributed by atoms with E-state index < -0.39 is 11.5 Å². The molecule has 0 aromatic heterocycles. The van der Waals surface area contributed by atoms with Crippen LogP contribution in [-0.4, -0.2) is 34.7 Å². The Morgan fingerprint density at radius 2 is 2.06 bits per heavy atom. The van der Waals surface area contributed by atoms with Gasteiger partial charge in [-0.3, -0.25) is 4.79 Å². The summed E-state index contributed by atoms with van der Waals surface area (Å²) in [6.45, 7) is 8.26. The van der Waals surface area contributed by atoms with Crippen LogP contribution in [0.2, 0.25) is 0 Å². The minimum atomic E-state index is -0.804. The van der Waals surface area contributed by atoms with Crippen molar-refractivity contribution in [3.8, 4) is 0 Å². The summed E-state index contributed by atoms with van der Waals surface area (Å²) < 4.78 is 0. The van der Waals surface area contributed by atoms with E-state index in [-0.39, 0.29) is 0 Å². The lowest BCUT2D eigenvalue weighted by molar-refractivity contribution is -0.144. The van der Waals surface area contributed by atoms with Gasteiger partial charge in [-0.1, -0.05) is 27.2 Å². The van der Waals surface area contributed by atoms with Gasteiger partial charge in [-0.2, -0.15) is 11.8 Å². The van der Waals surface area contributed by atoms with E-state index in [4.69, 9.17) is 5.11 Å². The van der Waals surface area contributed by atoms with Gasteiger partial charge in [0.05, 0.1) is 0 Å². The van der Waals surface area contributed by atoms with Crippen molar-refractivity contribution in [2.45, 2.75) is 51.3 Å². The zero-order valence-corrected chi connectivity index (χ0v) is 11.9. The predicted octanol–water partition coefficient (Wildman–Crippen LogP) is 2.61. The molecule has 0 aromatic rings. The number of carbonyl (C=O) groups is 1. The van der Waals surface area contributed by atoms with E-state index in [9.17, 15) is 4.79 Å². The summed E-state index contributed by atoms with van der Waals surface area (Å²) in [5.74, 6) is 1.04. The van der Waals surface area contributed by atoms with Gasteiger partial charge in [0.2, 0.25) is 0 Å². The van der Waals surface area contributed by atoms with E-state index in [1.54, 1.807) is 14.0 Å². The van der Waals surface area contributed by atoms with Crippen LogP contribution in [0.5, 0.6) is 0 Å². The van der Waals surface area contributed by atoms with Gasteiger partial charge < -0.3 is 10.4 Å². The highest BCUT2D eigenvalue weighted by atomic mass is 32.2. The fourth-order valence-electron chi connectivity index (χ4n) is 1.38. The zero-order chi connectivity index (χ0) is 12.8. The Hall–Kier alpha value is -0.220. The molecule has 0 saturated carbocycles. The number of carboxylic acid groups (broad SMARTS) is 1. The van der Waals surface area contributed by atoms with Crippen LogP contribution in [0.15, 0.2) is 0 Å². The Kier molecular flexibility index (Phi) is 7.07. The lowest BCUT2D eigenvalue weighted by Gasteiger charge is -2.27. The van der Waals surface area contributed by atoms with Gasteiger partial charge >= 0.3 is 5.97 Å². The second-order valence-corrected chi connectivity index (χ2v) is 6.22. The molecule has 3 atom stereocenters. The molecule has 0 bridgehead atoms. The van der Waals surface area contributed by atoms with Crippen LogP contribution in [-0.2, 0) is 4.79 Å². The fourth-order valence-corrected chi connectivity index (χ4v) is 2.72. The summed E-state index contributed by atoms with van der Waals surface area (Å²) in [5, 5.41) is 12.4. The molecule has 0 aromatic carbocycles. The van der Waals surface area contributed by atoms with Crippen LogP contribution in [0.4, 0.5) is 0 Å². The topological polar surface area (TPSA) is 49.3 Å². The first kappa shape index (κ1) is 15.8. The zero-order valence-electron chi connectivity index (χ0n) is 11.0. The van der Waals surface area contributed by atoms with Gasteiger partial charge in [0, 0.05) is 5.25 Å². The Bertz CT molecular complexity index is 223. The smallest absolute Gasteiger partial charge is 0.323 e. The summed E-state index contributed by atoms with van der Waals surface area (Å²) in [7, 11) is 1.71. The standard InChI is InChI=1S/C12H25NO2S/c1-6-9(2)8-16-10(3)7-12(4,13-5)11(14)15/h9-10,13H,6-8H2,1-5H3,(H,14,15). The first-order chi connectivity index (χ1) is 7.35. The maximum Gasteiger partial charge on any atom is 0.323 e. The number of carboxylic acids is 1. The Balaban J connectivity index is 4.11. The van der Waals surface area contributed by atoms with Gasteiger partial charge in [-0.05, 0) is 32.1 Å². The third kappa shape index (κ3) is 5.21. The second-order valence-electron chi connectivity index (χ2n) is 4.75. The van der Waals surface area contributed by atoms with E-state index in [0.717, 1.165) is 5.75 Å². The van der Waals surface area contributed by atoms with Crippen molar-refractivity contribution < 1.29 is 9.90 Å². The molecule has 2 N–H and O–H groups in total. The summed E-state index contributed by atoms with van der Waals surface area (Å²) in [6.07, 6.45) is 1.84. The number of nitrogens with one attached hydrogen (secondary N) is 1. The van der Waals surface area contributed by atoms with Crippen LogP contribution in [0.1, 0.15) is 40.5 Å². The van der Waals surface area contributed by atoms with Crippen LogP contribution in [0.25, 0.3) is 0 Å². The average Bonchev–Trinajstić information content (AvgIpc) is 2.25. The van der Waals surface area contributed by atoms with Crippen molar-refractivity contribution in [2.24, 2.45) is 5.92 Å². The van der Waals surface area contributed by atoms with Crippen LogP contribution >= 0.6 is 11.8 Å². The lowest BCUT2D eigenvalue weighted by Crippen LogP contribution is -2.49. The maximum absolute atomic E-state index is 11.1. The van der Waals surface area contributed by atoms with Gasteiger partial charge in [0.25, 0.3) is 0 Å². The van der Waals surface area contributed by atoms with Crippen molar-refractivity contribution in [1.29, 1.82) is 0 Å². The summed E-state index contributed by atoms with van der Waals surface area (Å²) >= 11 is 1.87. The average molecular weight is 247 g/mol. The predicted molar refractivity (Wildman–Crippen MR) is 71.1 cm³/mol. The maximum atomic E-state index is 11.1. The molecule has 0 spiro atoms. The molecule has 0 aliphatic rings. The molecule has 0 radical (unpaired) electrons. The lowest BCUT2D eigenvalue weighted by atomic mass is 9.96. The van der Waals surface area contributed by atoms with Crippen molar-refractivity contribution in [1.82, 2.24) is 5.32 Å². The minimum absolute atomic E-state index is 0.363. The molecule has 0 amide bonds. The molecule has 0 fully saturated rings. The van der Waals surface area contributed by atoms with E-state index >= 15 is 0 Å². The third-order valence-corrected chi connectivity index (χ3v) is 4.58. The summed E-state index contributed by atoms with van der Waals surface area (Å²) in [6, 6.07) is 0. The SMILES string of the molecule is CCC(C)CSC(C)CC(C)(NC)C(=O)O. The van der Waals surface area contributed by atoms with Gasteiger partial charge in [0.1, 0.15) is 5.54 Å². The monoisotopic (exact) mass is 247 g/mol. The summed E-state index contributed by atoms with van der Waals surface area (Å²) in [5.41, 5.74) is -0.804. The van der Waals surface area contributed by atoms with E-state index in [2.05, 4.69) is 26.1 Å². The first-order valence-corrected chi connectivity index (χ1v) is 6.94. The molecule has 3 unspecified atom stereocenters. The van der Waals surface area contributed by atoms with E-state index in [1.165, 1.54) is 6.42 Å². The number of thioether (sulfide) groups is 1. The molecule has 96 valence electrons. The summed E-state index contributed by atoms with van der Waals surface area (Å²) in [4.78, 5) is 11.1. The minimum Gasteiger partial charge on any atom is -0.480 e.